The summed E-state index contributed by atoms with van der Waals surface area (Å²) in [5.41, 5.74) is 1.13. The molecule has 1 N–H and O–H groups in total. The number of nitrogens with zero attached hydrogens (tertiary/aromatic N) is 1. The van der Waals surface area contributed by atoms with Gasteiger partial charge in [0.05, 0.1) is 0 Å². The lowest BCUT2D eigenvalue weighted by Gasteiger charge is -2.23. The van der Waals surface area contributed by atoms with E-state index in [9.17, 15) is 19.5 Å². The molecular formula is C16H17NO4. The second-order valence-corrected chi connectivity index (χ2v) is 5.31. The van der Waals surface area contributed by atoms with Gasteiger partial charge < -0.3 is 5.11 Å². The Morgan fingerprint density at radius 1 is 1.19 bits per heavy atom. The standard InChI is InChI=1S/C16H17NO4/c1-10(2)12-9-14(18)17(15(12)19)13(16(20)21)8-11-6-4-3-5-7-11/h3-7,9-10,13H,8H2,1-2H3,(H,20,21)/t13-/m0/s1. The average molecular weight is 287 g/mol. The molecule has 0 saturated carbocycles. The fourth-order valence-corrected chi connectivity index (χ4v) is 2.34. The van der Waals surface area contributed by atoms with Gasteiger partial charge in [-0.3, -0.25) is 14.5 Å². The summed E-state index contributed by atoms with van der Waals surface area (Å²) < 4.78 is 0. The van der Waals surface area contributed by atoms with Crippen molar-refractivity contribution in [2.24, 2.45) is 5.92 Å². The minimum atomic E-state index is -1.18. The highest BCUT2D eigenvalue weighted by Gasteiger charge is 2.40. The van der Waals surface area contributed by atoms with Crippen LogP contribution in [0, 0.1) is 5.92 Å². The van der Waals surface area contributed by atoms with Crippen molar-refractivity contribution in [2.45, 2.75) is 26.3 Å². The number of carboxylic acids is 1. The maximum absolute atomic E-state index is 12.3. The Labute approximate surface area is 122 Å². The van der Waals surface area contributed by atoms with E-state index in [0.717, 1.165) is 10.5 Å². The molecule has 0 saturated heterocycles. The minimum Gasteiger partial charge on any atom is -0.480 e. The van der Waals surface area contributed by atoms with Gasteiger partial charge in [-0.1, -0.05) is 44.2 Å². The number of benzene rings is 1. The minimum absolute atomic E-state index is 0.104. The van der Waals surface area contributed by atoms with Crippen LogP contribution in [0.1, 0.15) is 19.4 Å². The van der Waals surface area contributed by atoms with Crippen LogP contribution in [0.2, 0.25) is 0 Å². The molecule has 1 aromatic rings. The van der Waals surface area contributed by atoms with Gasteiger partial charge in [0.25, 0.3) is 11.8 Å². The maximum Gasteiger partial charge on any atom is 0.327 e. The van der Waals surface area contributed by atoms with Gasteiger partial charge in [-0.05, 0) is 11.5 Å². The van der Waals surface area contributed by atoms with Gasteiger partial charge in [0.2, 0.25) is 0 Å². The van der Waals surface area contributed by atoms with Crippen LogP contribution in [0.5, 0.6) is 0 Å². The van der Waals surface area contributed by atoms with Crippen LogP contribution < -0.4 is 0 Å². The molecule has 1 heterocycles. The Morgan fingerprint density at radius 2 is 1.81 bits per heavy atom. The van der Waals surface area contributed by atoms with Crippen molar-refractivity contribution in [2.75, 3.05) is 0 Å². The van der Waals surface area contributed by atoms with Crippen molar-refractivity contribution >= 4 is 17.8 Å². The van der Waals surface area contributed by atoms with Gasteiger partial charge in [0, 0.05) is 18.1 Å². The van der Waals surface area contributed by atoms with Crippen LogP contribution in [0.15, 0.2) is 42.0 Å². The van der Waals surface area contributed by atoms with E-state index in [4.69, 9.17) is 0 Å². The van der Waals surface area contributed by atoms with E-state index in [2.05, 4.69) is 0 Å². The number of aliphatic carboxylic acids is 1. The zero-order chi connectivity index (χ0) is 15.6. The van der Waals surface area contributed by atoms with Crippen molar-refractivity contribution in [1.29, 1.82) is 0 Å². The van der Waals surface area contributed by atoms with Crippen LogP contribution in [0.3, 0.4) is 0 Å². The molecule has 21 heavy (non-hydrogen) atoms. The topological polar surface area (TPSA) is 74.7 Å². The second-order valence-electron chi connectivity index (χ2n) is 5.31. The number of rotatable bonds is 5. The first-order valence-electron chi connectivity index (χ1n) is 6.77. The molecule has 1 aliphatic heterocycles. The highest BCUT2D eigenvalue weighted by atomic mass is 16.4. The number of carbonyl (C=O) groups is 3. The SMILES string of the molecule is CC(C)C1=CC(=O)N([C@@H](Cc2ccccc2)C(=O)O)C1=O. The van der Waals surface area contributed by atoms with Crippen molar-refractivity contribution < 1.29 is 19.5 Å². The zero-order valence-corrected chi connectivity index (χ0v) is 11.9. The molecule has 110 valence electrons. The first-order chi connectivity index (χ1) is 9.91. The number of hydrogen-bond acceptors (Lipinski definition) is 3. The molecule has 0 fully saturated rings. The van der Waals surface area contributed by atoms with E-state index >= 15 is 0 Å². The molecule has 1 aliphatic rings. The molecule has 0 bridgehead atoms. The number of amides is 2. The third-order valence-electron chi connectivity index (χ3n) is 3.47. The summed E-state index contributed by atoms with van der Waals surface area (Å²) in [5, 5.41) is 9.39. The molecule has 0 radical (unpaired) electrons. The summed E-state index contributed by atoms with van der Waals surface area (Å²) in [7, 11) is 0. The number of carbonyl (C=O) groups excluding carboxylic acids is 2. The molecule has 5 nitrogen and oxygen atoms in total. The third kappa shape index (κ3) is 3.02. The summed E-state index contributed by atoms with van der Waals surface area (Å²) in [6.07, 6.45) is 1.35. The van der Waals surface area contributed by atoms with Gasteiger partial charge >= 0.3 is 5.97 Å². The number of carboxylic acid groups (broad SMARTS) is 1. The van der Waals surface area contributed by atoms with E-state index in [0.29, 0.717) is 5.57 Å². The Hall–Kier alpha value is -2.43. The van der Waals surface area contributed by atoms with E-state index in [1.54, 1.807) is 38.1 Å². The summed E-state index contributed by atoms with van der Waals surface area (Å²) in [4.78, 5) is 36.6. The quantitative estimate of drug-likeness (QED) is 0.835. The van der Waals surface area contributed by atoms with E-state index in [1.165, 1.54) is 6.08 Å². The van der Waals surface area contributed by atoms with Crippen LogP contribution >= 0.6 is 0 Å². The Bertz CT molecular complexity index is 604. The number of imide groups is 1. The van der Waals surface area contributed by atoms with Crippen molar-refractivity contribution in [1.82, 2.24) is 4.90 Å². The zero-order valence-electron chi connectivity index (χ0n) is 11.9. The fourth-order valence-electron chi connectivity index (χ4n) is 2.34. The predicted molar refractivity (Wildman–Crippen MR) is 76.3 cm³/mol. The van der Waals surface area contributed by atoms with Gasteiger partial charge in [0.1, 0.15) is 6.04 Å². The normalized spacial score (nSPS) is 16.3. The van der Waals surface area contributed by atoms with Crippen LogP contribution in [-0.4, -0.2) is 33.8 Å². The molecule has 0 aromatic heterocycles. The summed E-state index contributed by atoms with van der Waals surface area (Å²) in [5.74, 6) is -2.35. The largest absolute Gasteiger partial charge is 0.480 e. The molecular weight excluding hydrogens is 270 g/mol. The van der Waals surface area contributed by atoms with E-state index in [1.807, 2.05) is 6.07 Å². The first kappa shape index (κ1) is 15.0. The lowest BCUT2D eigenvalue weighted by Crippen LogP contribution is -2.47. The van der Waals surface area contributed by atoms with E-state index in [-0.39, 0.29) is 12.3 Å². The Balaban J connectivity index is 2.26. The van der Waals surface area contributed by atoms with E-state index < -0.39 is 23.8 Å². The molecule has 0 spiro atoms. The smallest absolute Gasteiger partial charge is 0.327 e. The monoisotopic (exact) mass is 287 g/mol. The van der Waals surface area contributed by atoms with Gasteiger partial charge in [-0.2, -0.15) is 0 Å². The molecule has 2 amide bonds. The van der Waals surface area contributed by atoms with Crippen molar-refractivity contribution in [3.8, 4) is 0 Å². The number of hydrogen-bond donors (Lipinski definition) is 1. The first-order valence-corrected chi connectivity index (χ1v) is 6.77. The van der Waals surface area contributed by atoms with Gasteiger partial charge in [0.15, 0.2) is 0 Å². The molecule has 1 atom stereocenters. The highest BCUT2D eigenvalue weighted by molar-refractivity contribution is 6.18. The van der Waals surface area contributed by atoms with Crippen molar-refractivity contribution in [3.63, 3.8) is 0 Å². The van der Waals surface area contributed by atoms with Gasteiger partial charge in [-0.25, -0.2) is 4.79 Å². The Morgan fingerprint density at radius 3 is 2.29 bits per heavy atom. The fraction of sp³-hybridized carbons (Fsp3) is 0.312. The average Bonchev–Trinajstić information content (AvgIpc) is 2.73. The van der Waals surface area contributed by atoms with Gasteiger partial charge in [-0.15, -0.1) is 0 Å². The predicted octanol–water partition coefficient (Wildman–Crippen LogP) is 1.63. The highest BCUT2D eigenvalue weighted by Crippen LogP contribution is 2.23. The van der Waals surface area contributed by atoms with Crippen LogP contribution in [0.4, 0.5) is 0 Å². The molecule has 0 unspecified atom stereocenters. The van der Waals surface area contributed by atoms with Crippen molar-refractivity contribution in [3.05, 3.63) is 47.5 Å². The van der Waals surface area contributed by atoms with Crippen LogP contribution in [0.25, 0.3) is 0 Å². The molecule has 5 heteroatoms. The third-order valence-corrected chi connectivity index (χ3v) is 3.47. The molecule has 0 aliphatic carbocycles. The Kier molecular flexibility index (Phi) is 4.21. The lowest BCUT2D eigenvalue weighted by molar-refractivity contribution is -0.153. The van der Waals surface area contributed by atoms with Crippen LogP contribution in [-0.2, 0) is 20.8 Å². The lowest BCUT2D eigenvalue weighted by atomic mass is 10.0. The second kappa shape index (κ2) is 5.91. The maximum atomic E-state index is 12.3. The molecule has 1 aromatic carbocycles. The summed E-state index contributed by atoms with van der Waals surface area (Å²) in [6.45, 7) is 3.60. The summed E-state index contributed by atoms with van der Waals surface area (Å²) >= 11 is 0. The summed E-state index contributed by atoms with van der Waals surface area (Å²) in [6, 6.07) is 7.78. The molecule has 2 rings (SSSR count).